The van der Waals surface area contributed by atoms with Crippen molar-refractivity contribution in [3.63, 3.8) is 0 Å². The number of piperidine rings is 1. The number of carbonyl (C=O) groups is 2. The van der Waals surface area contributed by atoms with Gasteiger partial charge in [0.05, 0.1) is 0 Å². The third-order valence-corrected chi connectivity index (χ3v) is 5.18. The van der Waals surface area contributed by atoms with E-state index in [2.05, 4.69) is 22.5 Å². The van der Waals surface area contributed by atoms with E-state index < -0.39 is 11.8 Å². The van der Waals surface area contributed by atoms with Crippen LogP contribution < -0.4 is 15.5 Å². The van der Waals surface area contributed by atoms with Crippen molar-refractivity contribution in [2.24, 2.45) is 5.92 Å². The second-order valence-electron chi connectivity index (χ2n) is 7.28. The van der Waals surface area contributed by atoms with Crippen LogP contribution in [0.4, 0.5) is 11.4 Å². The summed E-state index contributed by atoms with van der Waals surface area (Å²) in [5, 5.41) is 5.33. The van der Waals surface area contributed by atoms with Crippen LogP contribution in [-0.4, -0.2) is 24.9 Å². The Kier molecular flexibility index (Phi) is 6.12. The van der Waals surface area contributed by atoms with Crippen molar-refractivity contribution in [2.75, 3.05) is 23.3 Å². The maximum absolute atomic E-state index is 12.1. The van der Waals surface area contributed by atoms with E-state index in [-0.39, 0.29) is 0 Å². The Bertz CT molecular complexity index is 793. The van der Waals surface area contributed by atoms with Gasteiger partial charge >= 0.3 is 11.8 Å². The molecule has 0 saturated carbocycles. The van der Waals surface area contributed by atoms with Crippen LogP contribution in [-0.2, 0) is 16.1 Å². The molecule has 0 aromatic heterocycles. The number of nitrogens with one attached hydrogen (secondary N) is 2. The Morgan fingerprint density at radius 2 is 1.67 bits per heavy atom. The lowest BCUT2D eigenvalue weighted by molar-refractivity contribution is -0.136. The fourth-order valence-corrected chi connectivity index (χ4v) is 3.27. The van der Waals surface area contributed by atoms with Crippen molar-refractivity contribution >= 4 is 23.2 Å². The molecule has 1 fully saturated rings. The van der Waals surface area contributed by atoms with Gasteiger partial charge in [0.15, 0.2) is 0 Å². The average molecular weight is 365 g/mol. The number of rotatable bonds is 4. The Labute approximate surface area is 160 Å². The summed E-state index contributed by atoms with van der Waals surface area (Å²) in [5.41, 5.74) is 3.86. The van der Waals surface area contributed by atoms with Gasteiger partial charge in [-0.15, -0.1) is 0 Å². The van der Waals surface area contributed by atoms with Gasteiger partial charge in [-0.1, -0.05) is 31.2 Å². The van der Waals surface area contributed by atoms with Gasteiger partial charge in [0.25, 0.3) is 0 Å². The number of nitrogens with zero attached hydrogens (tertiary/aromatic N) is 1. The predicted molar refractivity (Wildman–Crippen MR) is 109 cm³/mol. The minimum atomic E-state index is -0.650. The van der Waals surface area contributed by atoms with Gasteiger partial charge in [0.2, 0.25) is 0 Å². The smallest absolute Gasteiger partial charge is 0.313 e. The first-order valence-corrected chi connectivity index (χ1v) is 9.51. The van der Waals surface area contributed by atoms with Crippen LogP contribution in [0.15, 0.2) is 48.5 Å². The molecule has 1 saturated heterocycles. The topological polar surface area (TPSA) is 61.4 Å². The molecule has 0 unspecified atom stereocenters. The number of amides is 2. The highest BCUT2D eigenvalue weighted by Crippen LogP contribution is 2.24. The molecule has 0 spiro atoms. The molecule has 0 atom stereocenters. The summed E-state index contributed by atoms with van der Waals surface area (Å²) >= 11 is 0. The van der Waals surface area contributed by atoms with Crippen molar-refractivity contribution in [3.05, 3.63) is 59.7 Å². The lowest BCUT2D eigenvalue weighted by atomic mass is 9.99. The number of anilines is 2. The summed E-state index contributed by atoms with van der Waals surface area (Å²) in [6.45, 7) is 6.74. The molecule has 2 aromatic rings. The first-order chi connectivity index (χ1) is 13.0. The van der Waals surface area contributed by atoms with Gasteiger partial charge in [-0.25, -0.2) is 0 Å². The highest BCUT2D eigenvalue weighted by molar-refractivity contribution is 6.39. The zero-order valence-corrected chi connectivity index (χ0v) is 16.0. The van der Waals surface area contributed by atoms with Gasteiger partial charge in [-0.2, -0.15) is 0 Å². The van der Waals surface area contributed by atoms with E-state index in [4.69, 9.17) is 0 Å². The van der Waals surface area contributed by atoms with Crippen molar-refractivity contribution in [2.45, 2.75) is 33.2 Å². The quantitative estimate of drug-likeness (QED) is 0.816. The van der Waals surface area contributed by atoms with Crippen molar-refractivity contribution in [1.82, 2.24) is 5.32 Å². The average Bonchev–Trinajstić information content (AvgIpc) is 2.68. The molecule has 2 aromatic carbocycles. The van der Waals surface area contributed by atoms with Crippen molar-refractivity contribution in [1.29, 1.82) is 0 Å². The Balaban J connectivity index is 1.51. The first-order valence-electron chi connectivity index (χ1n) is 9.51. The second-order valence-corrected chi connectivity index (χ2v) is 7.28. The molecule has 2 amide bonds. The minimum Gasteiger partial charge on any atom is -0.372 e. The lowest BCUT2D eigenvalue weighted by Gasteiger charge is -2.32. The molecule has 3 rings (SSSR count). The standard InChI is InChI=1S/C22H27N3O2/c1-16-11-13-25(14-12-16)20-9-7-19(8-10-20)24-22(27)21(26)23-15-18-6-4-3-5-17(18)2/h3-10,16H,11-15H2,1-2H3,(H,23,26)(H,24,27). The van der Waals surface area contributed by atoms with E-state index in [0.29, 0.717) is 12.2 Å². The number of hydrogen-bond acceptors (Lipinski definition) is 3. The van der Waals surface area contributed by atoms with Crippen LogP contribution in [0.2, 0.25) is 0 Å². The third kappa shape index (κ3) is 5.09. The molecule has 0 aliphatic carbocycles. The zero-order valence-electron chi connectivity index (χ0n) is 16.0. The normalized spacial score (nSPS) is 14.7. The Hall–Kier alpha value is -2.82. The number of carbonyl (C=O) groups excluding carboxylic acids is 2. The molecule has 0 bridgehead atoms. The van der Waals surface area contributed by atoms with Crippen LogP contribution in [0, 0.1) is 12.8 Å². The van der Waals surface area contributed by atoms with E-state index in [1.54, 1.807) is 0 Å². The summed E-state index contributed by atoms with van der Waals surface area (Å²) in [4.78, 5) is 26.5. The van der Waals surface area contributed by atoms with Crippen LogP contribution >= 0.6 is 0 Å². The van der Waals surface area contributed by atoms with E-state index in [0.717, 1.165) is 35.8 Å². The molecular formula is C22H27N3O2. The van der Waals surface area contributed by atoms with Gasteiger partial charge in [-0.05, 0) is 61.1 Å². The van der Waals surface area contributed by atoms with Crippen LogP contribution in [0.1, 0.15) is 30.9 Å². The lowest BCUT2D eigenvalue weighted by Crippen LogP contribution is -2.35. The van der Waals surface area contributed by atoms with Gasteiger partial charge < -0.3 is 15.5 Å². The van der Waals surface area contributed by atoms with Gasteiger partial charge in [-0.3, -0.25) is 9.59 Å². The second kappa shape index (κ2) is 8.71. The fourth-order valence-electron chi connectivity index (χ4n) is 3.27. The fraction of sp³-hybridized carbons (Fsp3) is 0.364. The molecule has 0 radical (unpaired) electrons. The summed E-state index contributed by atoms with van der Waals surface area (Å²) < 4.78 is 0. The molecular weight excluding hydrogens is 338 g/mol. The van der Waals surface area contributed by atoms with Gasteiger partial charge in [0.1, 0.15) is 0 Å². The molecule has 27 heavy (non-hydrogen) atoms. The van der Waals surface area contributed by atoms with Crippen LogP contribution in [0.3, 0.4) is 0 Å². The SMILES string of the molecule is Cc1ccccc1CNC(=O)C(=O)Nc1ccc(N2CCC(C)CC2)cc1. The van der Waals surface area contributed by atoms with E-state index >= 15 is 0 Å². The largest absolute Gasteiger partial charge is 0.372 e. The molecule has 1 aliphatic heterocycles. The first kappa shape index (κ1) is 19.0. The maximum atomic E-state index is 12.1. The van der Waals surface area contributed by atoms with Crippen molar-refractivity contribution < 1.29 is 9.59 Å². The summed E-state index contributed by atoms with van der Waals surface area (Å²) in [7, 11) is 0. The van der Waals surface area contributed by atoms with E-state index in [1.807, 2.05) is 55.5 Å². The number of aryl methyl sites for hydroxylation is 1. The molecule has 5 nitrogen and oxygen atoms in total. The zero-order chi connectivity index (χ0) is 19.2. The number of benzene rings is 2. The van der Waals surface area contributed by atoms with Gasteiger partial charge in [0, 0.05) is 31.0 Å². The van der Waals surface area contributed by atoms with Crippen molar-refractivity contribution in [3.8, 4) is 0 Å². The molecule has 1 aliphatic rings. The van der Waals surface area contributed by atoms with E-state index in [9.17, 15) is 9.59 Å². The Morgan fingerprint density at radius 3 is 2.33 bits per heavy atom. The van der Waals surface area contributed by atoms with Crippen LogP contribution in [0.25, 0.3) is 0 Å². The molecule has 2 N–H and O–H groups in total. The summed E-state index contributed by atoms with van der Waals surface area (Å²) in [6.07, 6.45) is 2.42. The minimum absolute atomic E-state index is 0.339. The molecule has 1 heterocycles. The molecule has 5 heteroatoms. The highest BCUT2D eigenvalue weighted by atomic mass is 16.2. The van der Waals surface area contributed by atoms with Crippen LogP contribution in [0.5, 0.6) is 0 Å². The third-order valence-electron chi connectivity index (χ3n) is 5.18. The monoisotopic (exact) mass is 365 g/mol. The van der Waals surface area contributed by atoms with E-state index in [1.165, 1.54) is 12.8 Å². The Morgan fingerprint density at radius 1 is 1.00 bits per heavy atom. The highest BCUT2D eigenvalue weighted by Gasteiger charge is 2.17. The predicted octanol–water partition coefficient (Wildman–Crippen LogP) is 3.49. The maximum Gasteiger partial charge on any atom is 0.313 e. The molecule has 142 valence electrons. The summed E-state index contributed by atoms with van der Waals surface area (Å²) in [6, 6.07) is 15.5. The summed E-state index contributed by atoms with van der Waals surface area (Å²) in [5.74, 6) is -0.492. The number of hydrogen-bond donors (Lipinski definition) is 2.